The van der Waals surface area contributed by atoms with Crippen LogP contribution in [0.4, 0.5) is 4.39 Å². The van der Waals surface area contributed by atoms with Crippen molar-refractivity contribution in [1.29, 1.82) is 0 Å². The second kappa shape index (κ2) is 8.16. The summed E-state index contributed by atoms with van der Waals surface area (Å²) in [7, 11) is 0. The van der Waals surface area contributed by atoms with Crippen LogP contribution in [0.25, 0.3) is 16.9 Å². The molecular weight excluding hydrogens is 437 g/mol. The van der Waals surface area contributed by atoms with Crippen molar-refractivity contribution in [2.75, 3.05) is 19.6 Å². The summed E-state index contributed by atoms with van der Waals surface area (Å²) in [6.45, 7) is 7.12. The minimum Gasteiger partial charge on any atom is -0.380 e. The number of amides is 2. The fourth-order valence-electron chi connectivity index (χ4n) is 4.50. The van der Waals surface area contributed by atoms with Crippen LogP contribution in [0.5, 0.6) is 0 Å². The highest BCUT2D eigenvalue weighted by Gasteiger charge is 2.51. The van der Waals surface area contributed by atoms with Gasteiger partial charge in [0.25, 0.3) is 11.8 Å². The number of carbonyl (C=O) groups excluding carboxylic acids is 2. The van der Waals surface area contributed by atoms with Gasteiger partial charge < -0.3 is 14.9 Å². The van der Waals surface area contributed by atoms with Crippen LogP contribution in [0.3, 0.4) is 0 Å². The molecule has 0 bridgehead atoms. The summed E-state index contributed by atoms with van der Waals surface area (Å²) in [4.78, 5) is 33.8. The van der Waals surface area contributed by atoms with Gasteiger partial charge in [0.15, 0.2) is 5.65 Å². The summed E-state index contributed by atoms with van der Waals surface area (Å²) in [5.74, 6) is -0.629. The number of nitrogens with zero attached hydrogens (tertiary/aromatic N) is 5. The SMILES string of the molecule is CC(C)c1cc(-c2ccc(F)cc2)nn2cc(C(=O)N3CCN(C(=O)C4(O)CC4)[C@@H](C)C3)nc12. The lowest BCUT2D eigenvalue weighted by Gasteiger charge is -2.40. The molecule has 34 heavy (non-hydrogen) atoms. The molecule has 8 nitrogen and oxygen atoms in total. The molecule has 1 N–H and O–H groups in total. The Morgan fingerprint density at radius 1 is 1.18 bits per heavy atom. The van der Waals surface area contributed by atoms with Crippen LogP contribution >= 0.6 is 0 Å². The first-order valence-electron chi connectivity index (χ1n) is 11.7. The molecule has 0 spiro atoms. The van der Waals surface area contributed by atoms with Crippen molar-refractivity contribution in [3.05, 3.63) is 53.6 Å². The molecule has 1 aliphatic carbocycles. The topological polar surface area (TPSA) is 91.0 Å². The predicted molar refractivity (Wildman–Crippen MR) is 124 cm³/mol. The van der Waals surface area contributed by atoms with Crippen LogP contribution in [0, 0.1) is 5.82 Å². The zero-order valence-corrected chi connectivity index (χ0v) is 19.5. The number of aliphatic hydroxyl groups is 1. The van der Waals surface area contributed by atoms with E-state index in [2.05, 4.69) is 10.1 Å². The van der Waals surface area contributed by atoms with Gasteiger partial charge >= 0.3 is 0 Å². The largest absolute Gasteiger partial charge is 0.380 e. The number of aromatic nitrogens is 3. The fraction of sp³-hybridized carbons (Fsp3) is 0.440. The maximum atomic E-state index is 13.4. The summed E-state index contributed by atoms with van der Waals surface area (Å²) in [6.07, 6.45) is 2.64. The van der Waals surface area contributed by atoms with Crippen LogP contribution in [0.2, 0.25) is 0 Å². The molecule has 178 valence electrons. The Hall–Kier alpha value is -3.33. The second-order valence-electron chi connectivity index (χ2n) is 9.67. The van der Waals surface area contributed by atoms with E-state index in [1.54, 1.807) is 32.6 Å². The van der Waals surface area contributed by atoms with Gasteiger partial charge in [0, 0.05) is 36.8 Å². The highest BCUT2D eigenvalue weighted by atomic mass is 19.1. The Kier molecular flexibility index (Phi) is 5.39. The highest BCUT2D eigenvalue weighted by molar-refractivity contribution is 5.93. The lowest BCUT2D eigenvalue weighted by atomic mass is 10.0. The summed E-state index contributed by atoms with van der Waals surface area (Å²) >= 11 is 0. The van der Waals surface area contributed by atoms with Gasteiger partial charge in [-0.1, -0.05) is 13.8 Å². The third-order valence-corrected chi connectivity index (χ3v) is 6.73. The molecule has 2 aliphatic rings. The van der Waals surface area contributed by atoms with Crippen LogP contribution in [-0.2, 0) is 4.79 Å². The molecule has 5 rings (SSSR count). The average Bonchev–Trinajstić information content (AvgIpc) is 3.42. The number of imidazole rings is 1. The number of hydrogen-bond donors (Lipinski definition) is 1. The number of carbonyl (C=O) groups is 2. The fourth-order valence-corrected chi connectivity index (χ4v) is 4.50. The number of hydrogen-bond acceptors (Lipinski definition) is 5. The Morgan fingerprint density at radius 3 is 2.50 bits per heavy atom. The Morgan fingerprint density at radius 2 is 1.88 bits per heavy atom. The number of halogens is 1. The number of piperazine rings is 1. The second-order valence-corrected chi connectivity index (χ2v) is 9.67. The van der Waals surface area contributed by atoms with E-state index in [0.717, 1.165) is 11.1 Å². The minimum atomic E-state index is -1.21. The normalized spacial score (nSPS) is 19.6. The van der Waals surface area contributed by atoms with Crippen molar-refractivity contribution < 1.29 is 19.1 Å². The smallest absolute Gasteiger partial charge is 0.274 e. The molecule has 1 aromatic carbocycles. The molecular formula is C25H28FN5O3. The van der Waals surface area contributed by atoms with Gasteiger partial charge in [-0.15, -0.1) is 0 Å². The third-order valence-electron chi connectivity index (χ3n) is 6.73. The van der Waals surface area contributed by atoms with E-state index >= 15 is 0 Å². The number of rotatable bonds is 4. The van der Waals surface area contributed by atoms with Gasteiger partial charge in [-0.3, -0.25) is 9.59 Å². The van der Waals surface area contributed by atoms with Gasteiger partial charge in [-0.25, -0.2) is 13.9 Å². The minimum absolute atomic E-state index is 0.137. The number of fused-ring (bicyclic) bond motifs is 1. The van der Waals surface area contributed by atoms with E-state index in [1.807, 2.05) is 26.8 Å². The first kappa shape index (κ1) is 22.5. The molecule has 0 radical (unpaired) electrons. The molecule has 3 aromatic rings. The lowest BCUT2D eigenvalue weighted by molar-refractivity contribution is -0.146. The number of benzene rings is 1. The average molecular weight is 466 g/mol. The Balaban J connectivity index is 1.41. The summed E-state index contributed by atoms with van der Waals surface area (Å²) < 4.78 is 15.0. The first-order valence-corrected chi connectivity index (χ1v) is 11.7. The zero-order chi connectivity index (χ0) is 24.2. The monoisotopic (exact) mass is 465 g/mol. The zero-order valence-electron chi connectivity index (χ0n) is 19.5. The van der Waals surface area contributed by atoms with Crippen LogP contribution in [0.1, 0.15) is 55.6 Å². The van der Waals surface area contributed by atoms with E-state index in [4.69, 9.17) is 0 Å². The predicted octanol–water partition coefficient (Wildman–Crippen LogP) is 2.86. The molecule has 9 heteroatoms. The van der Waals surface area contributed by atoms with E-state index in [-0.39, 0.29) is 29.6 Å². The van der Waals surface area contributed by atoms with E-state index in [1.165, 1.54) is 12.1 Å². The van der Waals surface area contributed by atoms with Crippen LogP contribution < -0.4 is 0 Å². The molecule has 2 fully saturated rings. The summed E-state index contributed by atoms with van der Waals surface area (Å²) in [5.41, 5.74) is 2.09. The molecule has 1 saturated heterocycles. The molecule has 1 atom stereocenters. The standard InChI is InChI=1S/C25H28FN5O3/c1-15(2)19-12-20(17-4-6-18(26)7-5-17)28-31-14-21(27-22(19)31)23(32)29-10-11-30(16(3)13-29)24(33)25(34)8-9-25/h4-7,12,14-16,34H,8-11,13H2,1-3H3/t16-/m0/s1. The van der Waals surface area contributed by atoms with Crippen molar-refractivity contribution in [3.8, 4) is 11.3 Å². The van der Waals surface area contributed by atoms with Crippen molar-refractivity contribution in [1.82, 2.24) is 24.4 Å². The van der Waals surface area contributed by atoms with Crippen molar-refractivity contribution in [3.63, 3.8) is 0 Å². The Bertz CT molecular complexity index is 1270. The van der Waals surface area contributed by atoms with Gasteiger partial charge in [0.05, 0.1) is 11.9 Å². The molecule has 1 aliphatic heterocycles. The summed E-state index contributed by atoms with van der Waals surface area (Å²) in [5, 5.41) is 14.8. The molecule has 1 saturated carbocycles. The first-order chi connectivity index (χ1) is 16.2. The van der Waals surface area contributed by atoms with Gasteiger partial charge in [-0.2, -0.15) is 5.10 Å². The van der Waals surface area contributed by atoms with Gasteiger partial charge in [0.2, 0.25) is 0 Å². The van der Waals surface area contributed by atoms with Crippen molar-refractivity contribution >= 4 is 17.5 Å². The van der Waals surface area contributed by atoms with Gasteiger partial charge in [-0.05, 0) is 56.0 Å². The van der Waals surface area contributed by atoms with Crippen molar-refractivity contribution in [2.24, 2.45) is 0 Å². The lowest BCUT2D eigenvalue weighted by Crippen LogP contribution is -2.58. The molecule has 2 aromatic heterocycles. The highest BCUT2D eigenvalue weighted by Crippen LogP contribution is 2.37. The van der Waals surface area contributed by atoms with Crippen LogP contribution in [0.15, 0.2) is 36.5 Å². The quantitative estimate of drug-likeness (QED) is 0.640. The Labute approximate surface area is 197 Å². The summed E-state index contributed by atoms with van der Waals surface area (Å²) in [6, 6.07) is 7.89. The third kappa shape index (κ3) is 3.94. The van der Waals surface area contributed by atoms with E-state index < -0.39 is 5.60 Å². The molecule has 3 heterocycles. The van der Waals surface area contributed by atoms with Crippen LogP contribution in [-0.4, -0.2) is 72.6 Å². The van der Waals surface area contributed by atoms with Gasteiger partial charge in [0.1, 0.15) is 17.1 Å². The maximum Gasteiger partial charge on any atom is 0.274 e. The van der Waals surface area contributed by atoms with Crippen molar-refractivity contribution in [2.45, 2.75) is 51.2 Å². The maximum absolute atomic E-state index is 13.4. The van der Waals surface area contributed by atoms with E-state index in [0.29, 0.717) is 49.5 Å². The molecule has 2 amide bonds. The van der Waals surface area contributed by atoms with E-state index in [9.17, 15) is 19.1 Å². The molecule has 0 unspecified atom stereocenters.